The van der Waals surface area contributed by atoms with Crippen molar-refractivity contribution in [3.8, 4) is 0 Å². The van der Waals surface area contributed by atoms with Gasteiger partial charge in [-0.1, -0.05) is 12.1 Å². The molecule has 10 heteroatoms. The molecule has 3 rings (SSSR count). The standard InChI is InChI=1S/C19H26FN3O5S/c1-14(18(24)22-9-11-28-12-10-22)23-8-6-17(19(23)25)21-29(26,27)13-7-15-2-4-16(20)5-3-15/h2-5,14,17,21H,6-13H2,1H3. The number of rotatable bonds is 7. The van der Waals surface area contributed by atoms with Crippen molar-refractivity contribution in [1.29, 1.82) is 0 Å². The van der Waals surface area contributed by atoms with Gasteiger partial charge in [-0.25, -0.2) is 17.5 Å². The SMILES string of the molecule is CC(C(=O)N1CCOCC1)N1CCC(NS(=O)(=O)CCc2ccc(F)cc2)C1=O. The van der Waals surface area contributed by atoms with Crippen LogP contribution >= 0.6 is 0 Å². The highest BCUT2D eigenvalue weighted by atomic mass is 32.2. The first-order chi connectivity index (χ1) is 13.8. The van der Waals surface area contributed by atoms with E-state index in [-0.39, 0.29) is 29.8 Å². The molecule has 0 aromatic heterocycles. The van der Waals surface area contributed by atoms with Gasteiger partial charge < -0.3 is 14.5 Å². The van der Waals surface area contributed by atoms with Gasteiger partial charge in [-0.05, 0) is 37.5 Å². The number of carbonyl (C=O) groups excluding carboxylic acids is 2. The lowest BCUT2D eigenvalue weighted by molar-refractivity contribution is -0.146. The number of benzene rings is 1. The molecule has 29 heavy (non-hydrogen) atoms. The Balaban J connectivity index is 1.54. The minimum atomic E-state index is -3.70. The number of hydrogen-bond acceptors (Lipinski definition) is 5. The Morgan fingerprint density at radius 2 is 1.90 bits per heavy atom. The average molecular weight is 427 g/mol. The summed E-state index contributed by atoms with van der Waals surface area (Å²) in [5.41, 5.74) is 0.695. The zero-order valence-electron chi connectivity index (χ0n) is 16.3. The first kappa shape index (κ1) is 21.7. The maximum Gasteiger partial charge on any atom is 0.245 e. The van der Waals surface area contributed by atoms with E-state index in [0.29, 0.717) is 44.8 Å². The van der Waals surface area contributed by atoms with Crippen molar-refractivity contribution in [3.05, 3.63) is 35.6 Å². The summed E-state index contributed by atoms with van der Waals surface area (Å²) < 4.78 is 45.4. The number of hydrogen-bond donors (Lipinski definition) is 1. The average Bonchev–Trinajstić information content (AvgIpc) is 3.06. The first-order valence-corrected chi connectivity index (χ1v) is 11.3. The lowest BCUT2D eigenvalue weighted by Gasteiger charge is -2.32. The smallest absolute Gasteiger partial charge is 0.245 e. The Hall–Kier alpha value is -2.04. The minimum Gasteiger partial charge on any atom is -0.378 e. The molecule has 2 unspecified atom stereocenters. The number of sulfonamides is 1. The summed E-state index contributed by atoms with van der Waals surface area (Å²) in [6.45, 7) is 3.92. The zero-order valence-corrected chi connectivity index (χ0v) is 17.2. The summed E-state index contributed by atoms with van der Waals surface area (Å²) in [5.74, 6) is -1.12. The van der Waals surface area contributed by atoms with E-state index in [1.165, 1.54) is 29.2 Å². The molecule has 2 fully saturated rings. The molecule has 0 bridgehead atoms. The number of ether oxygens (including phenoxy) is 1. The first-order valence-electron chi connectivity index (χ1n) is 9.68. The number of morpholine rings is 1. The number of nitrogens with zero attached hydrogens (tertiary/aromatic N) is 2. The number of halogens is 1. The Bertz CT molecular complexity index is 840. The topological polar surface area (TPSA) is 96.0 Å². The van der Waals surface area contributed by atoms with Crippen molar-refractivity contribution < 1.29 is 27.1 Å². The van der Waals surface area contributed by atoms with Crippen molar-refractivity contribution in [1.82, 2.24) is 14.5 Å². The second-order valence-corrected chi connectivity index (χ2v) is 9.17. The summed E-state index contributed by atoms with van der Waals surface area (Å²) in [6.07, 6.45) is 0.529. The Morgan fingerprint density at radius 1 is 1.24 bits per heavy atom. The lowest BCUT2D eigenvalue weighted by Crippen LogP contribution is -2.52. The van der Waals surface area contributed by atoms with E-state index in [1.54, 1.807) is 11.8 Å². The summed E-state index contributed by atoms with van der Waals surface area (Å²) in [5, 5.41) is 0. The van der Waals surface area contributed by atoms with E-state index < -0.39 is 22.1 Å². The molecule has 2 saturated heterocycles. The number of likely N-dealkylation sites (tertiary alicyclic amines) is 1. The molecule has 0 spiro atoms. The van der Waals surface area contributed by atoms with Crippen LogP contribution in [-0.2, 0) is 30.8 Å². The van der Waals surface area contributed by atoms with Crippen LogP contribution in [-0.4, -0.2) is 80.7 Å². The van der Waals surface area contributed by atoms with E-state index in [2.05, 4.69) is 4.72 Å². The number of nitrogens with one attached hydrogen (secondary N) is 1. The predicted octanol–water partition coefficient (Wildman–Crippen LogP) is 0.136. The van der Waals surface area contributed by atoms with Gasteiger partial charge in [0.1, 0.15) is 17.9 Å². The van der Waals surface area contributed by atoms with Gasteiger partial charge in [0.05, 0.1) is 19.0 Å². The maximum absolute atomic E-state index is 12.9. The zero-order chi connectivity index (χ0) is 21.0. The predicted molar refractivity (Wildman–Crippen MR) is 104 cm³/mol. The Labute approximate surface area is 170 Å². The molecular weight excluding hydrogens is 401 g/mol. The third-order valence-electron chi connectivity index (χ3n) is 5.28. The highest BCUT2D eigenvalue weighted by molar-refractivity contribution is 7.89. The van der Waals surface area contributed by atoms with Crippen molar-refractivity contribution >= 4 is 21.8 Å². The van der Waals surface area contributed by atoms with Crippen LogP contribution in [0.3, 0.4) is 0 Å². The number of carbonyl (C=O) groups is 2. The summed E-state index contributed by atoms with van der Waals surface area (Å²) in [4.78, 5) is 28.4. The van der Waals surface area contributed by atoms with Gasteiger partial charge >= 0.3 is 0 Å². The monoisotopic (exact) mass is 427 g/mol. The minimum absolute atomic E-state index is 0.151. The largest absolute Gasteiger partial charge is 0.378 e. The molecule has 0 saturated carbocycles. The molecular formula is C19H26FN3O5S. The molecule has 2 heterocycles. The van der Waals surface area contributed by atoms with Crippen LogP contribution in [0.15, 0.2) is 24.3 Å². The van der Waals surface area contributed by atoms with E-state index in [9.17, 15) is 22.4 Å². The van der Waals surface area contributed by atoms with Crippen LogP contribution in [0.2, 0.25) is 0 Å². The fraction of sp³-hybridized carbons (Fsp3) is 0.579. The van der Waals surface area contributed by atoms with Crippen LogP contribution in [0, 0.1) is 5.82 Å². The van der Waals surface area contributed by atoms with Gasteiger partial charge in [0.25, 0.3) is 0 Å². The molecule has 8 nitrogen and oxygen atoms in total. The molecule has 1 aromatic carbocycles. The number of amides is 2. The van der Waals surface area contributed by atoms with Crippen LogP contribution in [0.25, 0.3) is 0 Å². The molecule has 2 atom stereocenters. The molecule has 2 aliphatic heterocycles. The molecule has 1 N–H and O–H groups in total. The van der Waals surface area contributed by atoms with Crippen LogP contribution in [0.1, 0.15) is 18.9 Å². The van der Waals surface area contributed by atoms with E-state index >= 15 is 0 Å². The van der Waals surface area contributed by atoms with Crippen molar-refractivity contribution in [2.75, 3.05) is 38.6 Å². The normalized spacial score (nSPS) is 21.4. The highest BCUT2D eigenvalue weighted by Gasteiger charge is 2.39. The number of aryl methyl sites for hydroxylation is 1. The van der Waals surface area contributed by atoms with Crippen molar-refractivity contribution in [2.45, 2.75) is 31.8 Å². The highest BCUT2D eigenvalue weighted by Crippen LogP contribution is 2.18. The molecule has 0 radical (unpaired) electrons. The Kier molecular flexibility index (Phi) is 6.86. The van der Waals surface area contributed by atoms with E-state index in [0.717, 1.165) is 0 Å². The van der Waals surface area contributed by atoms with E-state index in [4.69, 9.17) is 4.74 Å². The van der Waals surface area contributed by atoms with Gasteiger partial charge in [0.2, 0.25) is 21.8 Å². The van der Waals surface area contributed by atoms with Gasteiger partial charge in [-0.15, -0.1) is 0 Å². The van der Waals surface area contributed by atoms with Crippen LogP contribution < -0.4 is 4.72 Å². The van der Waals surface area contributed by atoms with Crippen LogP contribution in [0.5, 0.6) is 0 Å². The van der Waals surface area contributed by atoms with Gasteiger partial charge in [0, 0.05) is 19.6 Å². The Morgan fingerprint density at radius 3 is 2.55 bits per heavy atom. The molecule has 1 aromatic rings. The van der Waals surface area contributed by atoms with Crippen molar-refractivity contribution in [3.63, 3.8) is 0 Å². The lowest BCUT2D eigenvalue weighted by atomic mass is 10.2. The molecule has 2 amide bonds. The van der Waals surface area contributed by atoms with Crippen molar-refractivity contribution in [2.24, 2.45) is 0 Å². The molecule has 0 aliphatic carbocycles. The van der Waals surface area contributed by atoms with Gasteiger partial charge in [-0.2, -0.15) is 0 Å². The van der Waals surface area contributed by atoms with E-state index in [1.807, 2.05) is 0 Å². The summed E-state index contributed by atoms with van der Waals surface area (Å²) in [7, 11) is -3.70. The molecule has 2 aliphatic rings. The third-order valence-corrected chi connectivity index (χ3v) is 6.67. The van der Waals surface area contributed by atoms with Gasteiger partial charge in [0.15, 0.2) is 0 Å². The molecule has 160 valence electrons. The quantitative estimate of drug-likeness (QED) is 0.668. The second-order valence-electron chi connectivity index (χ2n) is 7.30. The summed E-state index contributed by atoms with van der Waals surface area (Å²) >= 11 is 0. The fourth-order valence-corrected chi connectivity index (χ4v) is 4.83. The fourth-order valence-electron chi connectivity index (χ4n) is 3.56. The third kappa shape index (κ3) is 5.52. The second kappa shape index (κ2) is 9.19. The maximum atomic E-state index is 12.9. The summed E-state index contributed by atoms with van der Waals surface area (Å²) in [6, 6.07) is 4.11. The van der Waals surface area contributed by atoms with Gasteiger partial charge in [-0.3, -0.25) is 9.59 Å². The van der Waals surface area contributed by atoms with Crippen LogP contribution in [0.4, 0.5) is 4.39 Å².